The molecule has 1 unspecified atom stereocenters. The highest BCUT2D eigenvalue weighted by Gasteiger charge is 2.43. The number of likely N-dealkylation sites (tertiary alicyclic amines) is 1. The zero-order valence-corrected chi connectivity index (χ0v) is 28.2. The van der Waals surface area contributed by atoms with Gasteiger partial charge in [0.25, 0.3) is 5.56 Å². The molecule has 0 aliphatic carbocycles. The second-order valence-corrected chi connectivity index (χ2v) is 13.7. The average molecular weight is 683 g/mol. The Kier molecular flexibility index (Phi) is 9.91. The number of rotatable bonds is 8. The van der Waals surface area contributed by atoms with Crippen LogP contribution >= 0.6 is 0 Å². The fourth-order valence-corrected chi connectivity index (χ4v) is 6.04. The molecular formula is C35H41F3N6O5. The number of piperidine rings is 1. The molecule has 4 aromatic rings. The van der Waals surface area contributed by atoms with Crippen LogP contribution in [0.25, 0.3) is 22.3 Å². The Bertz CT molecular complexity index is 1860. The normalized spacial score (nSPS) is 15.7. The molecule has 2 aromatic heterocycles. The lowest BCUT2D eigenvalue weighted by molar-refractivity contribution is -0.162. The van der Waals surface area contributed by atoms with E-state index in [1.165, 1.54) is 45.0 Å². The van der Waals surface area contributed by atoms with Gasteiger partial charge in [0.05, 0.1) is 30.1 Å². The smallest absolute Gasteiger partial charge is 0.410 e. The van der Waals surface area contributed by atoms with Crippen molar-refractivity contribution in [1.82, 2.24) is 29.1 Å². The molecule has 1 saturated heterocycles. The van der Waals surface area contributed by atoms with Crippen molar-refractivity contribution in [2.24, 2.45) is 7.05 Å². The van der Waals surface area contributed by atoms with Gasteiger partial charge in [-0.3, -0.25) is 18.8 Å². The van der Waals surface area contributed by atoms with Crippen molar-refractivity contribution in [2.45, 2.75) is 76.4 Å². The SMILES string of the molecule is CN(Cc1ccc(-c2c3ncn(CC4(O)CCN(C(=O)CC(c5ccccc5)C(F)(F)F)CC4)c(=O)c3nn2C)cc1)C(=O)OC(C)(C)C. The molecule has 49 heavy (non-hydrogen) atoms. The lowest BCUT2D eigenvalue weighted by Gasteiger charge is -2.39. The zero-order chi connectivity index (χ0) is 35.7. The molecule has 0 bridgehead atoms. The molecule has 1 aliphatic rings. The average Bonchev–Trinajstić information content (AvgIpc) is 3.37. The second-order valence-electron chi connectivity index (χ2n) is 13.7. The number of aromatic nitrogens is 4. The van der Waals surface area contributed by atoms with E-state index in [2.05, 4.69) is 10.1 Å². The molecule has 1 aliphatic heterocycles. The molecule has 3 heterocycles. The minimum atomic E-state index is -4.59. The van der Waals surface area contributed by atoms with Crippen molar-refractivity contribution < 1.29 is 32.6 Å². The number of halogens is 3. The summed E-state index contributed by atoms with van der Waals surface area (Å²) in [6.45, 7) is 5.74. The van der Waals surface area contributed by atoms with E-state index in [4.69, 9.17) is 4.74 Å². The van der Waals surface area contributed by atoms with Crippen LogP contribution in [0.3, 0.4) is 0 Å². The Labute approximate surface area is 281 Å². The molecule has 0 saturated carbocycles. The van der Waals surface area contributed by atoms with E-state index in [1.54, 1.807) is 45.6 Å². The van der Waals surface area contributed by atoms with E-state index in [-0.39, 0.29) is 43.6 Å². The lowest BCUT2D eigenvalue weighted by atomic mass is 9.90. The fourth-order valence-electron chi connectivity index (χ4n) is 6.04. The number of carbonyl (C=O) groups excluding carboxylic acids is 2. The van der Waals surface area contributed by atoms with Gasteiger partial charge in [-0.25, -0.2) is 9.78 Å². The van der Waals surface area contributed by atoms with Crippen LogP contribution in [0.15, 0.2) is 65.7 Å². The van der Waals surface area contributed by atoms with E-state index in [1.807, 2.05) is 24.3 Å². The summed E-state index contributed by atoms with van der Waals surface area (Å²) in [7, 11) is 3.36. The van der Waals surface area contributed by atoms with Gasteiger partial charge in [0, 0.05) is 45.7 Å². The van der Waals surface area contributed by atoms with Crippen LogP contribution in [0.2, 0.25) is 0 Å². The second kappa shape index (κ2) is 13.7. The van der Waals surface area contributed by atoms with E-state index in [9.17, 15) is 32.7 Å². The van der Waals surface area contributed by atoms with Gasteiger partial charge in [0.15, 0.2) is 5.52 Å². The van der Waals surface area contributed by atoms with Crippen LogP contribution in [0.5, 0.6) is 0 Å². The van der Waals surface area contributed by atoms with Crippen molar-refractivity contribution in [3.05, 3.63) is 82.4 Å². The van der Waals surface area contributed by atoms with Crippen LogP contribution < -0.4 is 5.56 Å². The highest BCUT2D eigenvalue weighted by Crippen LogP contribution is 2.38. The summed E-state index contributed by atoms with van der Waals surface area (Å²) in [4.78, 5) is 46.1. The highest BCUT2D eigenvalue weighted by molar-refractivity contribution is 5.89. The number of benzene rings is 2. The molecule has 14 heteroatoms. The Balaban J connectivity index is 1.25. The molecule has 1 fully saturated rings. The quantitative estimate of drug-likeness (QED) is 0.269. The van der Waals surface area contributed by atoms with Gasteiger partial charge in [-0.15, -0.1) is 0 Å². The third kappa shape index (κ3) is 8.30. The summed E-state index contributed by atoms with van der Waals surface area (Å²) in [5, 5.41) is 15.8. The monoisotopic (exact) mass is 682 g/mol. The van der Waals surface area contributed by atoms with Crippen LogP contribution in [-0.4, -0.2) is 83.8 Å². The number of carbonyl (C=O) groups is 2. The Morgan fingerprint density at radius 1 is 1.02 bits per heavy atom. The highest BCUT2D eigenvalue weighted by atomic mass is 19.4. The van der Waals surface area contributed by atoms with Crippen molar-refractivity contribution in [3.63, 3.8) is 0 Å². The van der Waals surface area contributed by atoms with Gasteiger partial charge in [-0.05, 0) is 44.7 Å². The first-order valence-corrected chi connectivity index (χ1v) is 16.0. The van der Waals surface area contributed by atoms with E-state index < -0.39 is 47.3 Å². The maximum atomic E-state index is 13.8. The predicted octanol–water partition coefficient (Wildman–Crippen LogP) is 5.25. The standard InChI is InChI=1S/C35H41F3N6O5/c1-33(2,3)49-32(47)41(4)20-23-11-13-25(14-12-23)30-28-29(40-42(30)5)31(46)44(22-39-28)21-34(48)15-17-43(18-16-34)27(45)19-26(35(36,37)38)24-9-7-6-8-10-24/h6-14,22,26,48H,15-21H2,1-5H3. The number of amides is 2. The number of fused-ring (bicyclic) bond motifs is 1. The molecule has 2 aromatic carbocycles. The summed E-state index contributed by atoms with van der Waals surface area (Å²) >= 11 is 0. The molecule has 1 N–H and O–H groups in total. The maximum absolute atomic E-state index is 13.8. The van der Waals surface area contributed by atoms with Gasteiger partial charge in [0.1, 0.15) is 11.1 Å². The first-order valence-electron chi connectivity index (χ1n) is 16.0. The minimum Gasteiger partial charge on any atom is -0.444 e. The van der Waals surface area contributed by atoms with Gasteiger partial charge in [-0.1, -0.05) is 54.6 Å². The van der Waals surface area contributed by atoms with E-state index in [0.29, 0.717) is 17.8 Å². The number of ether oxygens (including phenoxy) is 1. The maximum Gasteiger partial charge on any atom is 0.410 e. The summed E-state index contributed by atoms with van der Waals surface area (Å²) in [5.41, 5.74) is 0.333. The molecule has 0 spiro atoms. The number of nitrogens with zero attached hydrogens (tertiary/aromatic N) is 6. The first kappa shape index (κ1) is 35.6. The minimum absolute atomic E-state index is 0.0250. The van der Waals surface area contributed by atoms with Crippen molar-refractivity contribution in [2.75, 3.05) is 20.1 Å². The van der Waals surface area contributed by atoms with Gasteiger partial charge in [0.2, 0.25) is 5.91 Å². The van der Waals surface area contributed by atoms with E-state index in [0.717, 1.165) is 11.1 Å². The summed E-state index contributed by atoms with van der Waals surface area (Å²) in [5.74, 6) is -2.57. The van der Waals surface area contributed by atoms with Crippen LogP contribution in [-0.2, 0) is 29.7 Å². The van der Waals surface area contributed by atoms with E-state index >= 15 is 0 Å². The molecule has 5 rings (SSSR count). The third-order valence-corrected chi connectivity index (χ3v) is 8.65. The van der Waals surface area contributed by atoms with Gasteiger partial charge >= 0.3 is 12.3 Å². The summed E-state index contributed by atoms with van der Waals surface area (Å²) in [6.07, 6.45) is -4.24. The zero-order valence-electron chi connectivity index (χ0n) is 28.2. The number of aryl methyl sites for hydroxylation is 1. The third-order valence-electron chi connectivity index (χ3n) is 8.65. The van der Waals surface area contributed by atoms with Gasteiger partial charge in [-0.2, -0.15) is 18.3 Å². The number of aliphatic hydroxyl groups is 1. The van der Waals surface area contributed by atoms with Crippen molar-refractivity contribution >= 4 is 23.0 Å². The largest absolute Gasteiger partial charge is 0.444 e. The summed E-state index contributed by atoms with van der Waals surface area (Å²) in [6, 6.07) is 14.8. The van der Waals surface area contributed by atoms with Crippen molar-refractivity contribution in [3.8, 4) is 11.3 Å². The molecule has 2 amide bonds. The van der Waals surface area contributed by atoms with Crippen molar-refractivity contribution in [1.29, 1.82) is 0 Å². The lowest BCUT2D eigenvalue weighted by Crippen LogP contribution is -2.50. The predicted molar refractivity (Wildman–Crippen MR) is 177 cm³/mol. The fraction of sp³-hybridized carbons (Fsp3) is 0.457. The van der Waals surface area contributed by atoms with Crippen LogP contribution in [0, 0.1) is 0 Å². The molecule has 1 atom stereocenters. The Hall–Kier alpha value is -4.72. The first-order chi connectivity index (χ1) is 22.9. The van der Waals surface area contributed by atoms with Crippen LogP contribution in [0.1, 0.15) is 57.1 Å². The molecule has 0 radical (unpaired) electrons. The summed E-state index contributed by atoms with van der Waals surface area (Å²) < 4.78 is 49.7. The Morgan fingerprint density at radius 2 is 1.65 bits per heavy atom. The number of hydrogen-bond donors (Lipinski definition) is 1. The molecular weight excluding hydrogens is 641 g/mol. The van der Waals surface area contributed by atoms with Gasteiger partial charge < -0.3 is 19.6 Å². The Morgan fingerprint density at radius 3 is 2.24 bits per heavy atom. The number of alkyl halides is 3. The number of hydrogen-bond acceptors (Lipinski definition) is 7. The van der Waals surface area contributed by atoms with Crippen LogP contribution in [0.4, 0.5) is 18.0 Å². The topological polar surface area (TPSA) is 123 Å². The molecule has 11 nitrogen and oxygen atoms in total. The molecule has 262 valence electrons.